The van der Waals surface area contributed by atoms with Crippen LogP contribution in [0, 0.1) is 0 Å². The van der Waals surface area contributed by atoms with Crippen molar-refractivity contribution in [3.05, 3.63) is 0 Å². The number of aliphatic hydroxyl groups excluding tert-OH is 1. The highest BCUT2D eigenvalue weighted by atomic mass is 16.3. The van der Waals surface area contributed by atoms with Crippen LogP contribution in [0.4, 0.5) is 0 Å². The number of hydrogen-bond donors (Lipinski definition) is 2. The minimum absolute atomic E-state index is 0.339. The molecule has 0 aromatic heterocycles. The Bertz CT molecular complexity index is 86.2. The third-order valence-electron chi connectivity index (χ3n) is 1.69. The maximum Gasteiger partial charge on any atom is 0.105 e. The van der Waals surface area contributed by atoms with Crippen LogP contribution in [-0.4, -0.2) is 36.5 Å². The van der Waals surface area contributed by atoms with Crippen molar-refractivity contribution in [3.8, 4) is 0 Å². The van der Waals surface area contributed by atoms with Crippen molar-refractivity contribution in [2.24, 2.45) is 0 Å². The summed E-state index contributed by atoms with van der Waals surface area (Å²) in [5.41, 5.74) is 0. The van der Waals surface area contributed by atoms with Gasteiger partial charge in [0, 0.05) is 6.54 Å². The second-order valence-electron chi connectivity index (χ2n) is 2.81. The fourth-order valence-corrected chi connectivity index (χ4v) is 0.962. The molecule has 0 spiro atoms. The smallest absolute Gasteiger partial charge is 0.105 e. The monoisotopic (exact) mass is 160 g/mol. The number of hydrogen-bond acceptors (Lipinski definition) is 3. The molecule has 0 amide bonds. The fourth-order valence-electron chi connectivity index (χ4n) is 0.962. The molecular weight excluding hydrogens is 140 g/mol. The molecule has 0 rings (SSSR count). The van der Waals surface area contributed by atoms with E-state index in [0.29, 0.717) is 0 Å². The zero-order valence-corrected chi connectivity index (χ0v) is 7.80. The third-order valence-corrected chi connectivity index (χ3v) is 1.69. The third kappa shape index (κ3) is 5.18. The van der Waals surface area contributed by atoms with Crippen LogP contribution in [0.2, 0.25) is 0 Å². The van der Waals surface area contributed by atoms with Gasteiger partial charge in [-0.25, -0.2) is 0 Å². The van der Waals surface area contributed by atoms with Gasteiger partial charge in [0.05, 0.1) is 6.67 Å². The molecule has 1 unspecified atom stereocenters. The van der Waals surface area contributed by atoms with Crippen molar-refractivity contribution in [2.45, 2.75) is 32.9 Å². The first kappa shape index (κ1) is 10.9. The summed E-state index contributed by atoms with van der Waals surface area (Å²) in [5.74, 6) is 0. The molecule has 0 aliphatic heterocycles. The Kier molecular flexibility index (Phi) is 6.51. The van der Waals surface area contributed by atoms with Crippen molar-refractivity contribution in [3.63, 3.8) is 0 Å². The normalized spacial score (nSPS) is 13.9. The summed E-state index contributed by atoms with van der Waals surface area (Å²) in [4.78, 5) is 2.00. The van der Waals surface area contributed by atoms with Crippen LogP contribution in [0.5, 0.6) is 0 Å². The lowest BCUT2D eigenvalue weighted by atomic mass is 10.3. The van der Waals surface area contributed by atoms with Crippen LogP contribution in [0.15, 0.2) is 0 Å². The molecular formula is C8H20N2O. The standard InChI is InChI=1S/C8H20N2O/c1-4-5-6-10(7-9-3)8(2)11/h8-9,11H,4-7H2,1-3H3. The predicted molar refractivity (Wildman–Crippen MR) is 47.2 cm³/mol. The summed E-state index contributed by atoms with van der Waals surface area (Å²) in [5, 5.41) is 12.3. The van der Waals surface area contributed by atoms with Crippen LogP contribution in [0.3, 0.4) is 0 Å². The zero-order valence-electron chi connectivity index (χ0n) is 7.80. The van der Waals surface area contributed by atoms with Crippen LogP contribution >= 0.6 is 0 Å². The predicted octanol–water partition coefficient (Wildman–Crippen LogP) is 0.604. The minimum Gasteiger partial charge on any atom is -0.379 e. The molecule has 11 heavy (non-hydrogen) atoms. The summed E-state index contributed by atoms with van der Waals surface area (Å²) in [6.45, 7) is 5.68. The topological polar surface area (TPSA) is 35.5 Å². The Balaban J connectivity index is 3.51. The van der Waals surface area contributed by atoms with Crippen molar-refractivity contribution in [1.29, 1.82) is 0 Å². The molecule has 1 atom stereocenters. The van der Waals surface area contributed by atoms with E-state index < -0.39 is 0 Å². The van der Waals surface area contributed by atoms with Gasteiger partial charge in [-0.2, -0.15) is 0 Å². The Morgan fingerprint density at radius 1 is 1.55 bits per heavy atom. The second kappa shape index (κ2) is 6.58. The number of rotatable bonds is 6. The molecule has 0 saturated carbocycles. The van der Waals surface area contributed by atoms with E-state index in [1.165, 1.54) is 6.42 Å². The van der Waals surface area contributed by atoms with Crippen LogP contribution < -0.4 is 5.32 Å². The highest BCUT2D eigenvalue weighted by molar-refractivity contribution is 4.55. The summed E-state index contributed by atoms with van der Waals surface area (Å²) >= 11 is 0. The second-order valence-corrected chi connectivity index (χ2v) is 2.81. The van der Waals surface area contributed by atoms with Gasteiger partial charge in [-0.05, 0) is 20.4 Å². The van der Waals surface area contributed by atoms with Gasteiger partial charge >= 0.3 is 0 Å². The maximum absolute atomic E-state index is 9.26. The SMILES string of the molecule is CCCCN(CNC)C(C)O. The molecule has 0 aromatic carbocycles. The van der Waals surface area contributed by atoms with Gasteiger partial charge in [-0.1, -0.05) is 13.3 Å². The maximum atomic E-state index is 9.26. The van der Waals surface area contributed by atoms with E-state index >= 15 is 0 Å². The van der Waals surface area contributed by atoms with Gasteiger partial charge in [0.1, 0.15) is 6.23 Å². The van der Waals surface area contributed by atoms with E-state index in [9.17, 15) is 5.11 Å². The summed E-state index contributed by atoms with van der Waals surface area (Å²) in [6.07, 6.45) is 1.98. The van der Waals surface area contributed by atoms with E-state index in [1.807, 2.05) is 11.9 Å². The van der Waals surface area contributed by atoms with Crippen molar-refractivity contribution in [1.82, 2.24) is 10.2 Å². The van der Waals surface area contributed by atoms with E-state index in [1.54, 1.807) is 6.92 Å². The van der Waals surface area contributed by atoms with E-state index in [2.05, 4.69) is 12.2 Å². The molecule has 0 aliphatic carbocycles. The highest BCUT2D eigenvalue weighted by Crippen LogP contribution is 1.97. The lowest BCUT2D eigenvalue weighted by molar-refractivity contribution is 0.0137. The number of aliphatic hydroxyl groups is 1. The van der Waals surface area contributed by atoms with Gasteiger partial charge in [-0.3, -0.25) is 4.90 Å². The van der Waals surface area contributed by atoms with E-state index in [4.69, 9.17) is 0 Å². The van der Waals surface area contributed by atoms with Crippen LogP contribution in [0.1, 0.15) is 26.7 Å². The number of nitrogens with one attached hydrogen (secondary N) is 1. The zero-order chi connectivity index (χ0) is 8.69. The molecule has 0 aromatic rings. The molecule has 0 heterocycles. The van der Waals surface area contributed by atoms with Gasteiger partial charge in [0.15, 0.2) is 0 Å². The van der Waals surface area contributed by atoms with Crippen LogP contribution in [-0.2, 0) is 0 Å². The Hall–Kier alpha value is -0.120. The number of unbranched alkanes of at least 4 members (excludes halogenated alkanes) is 1. The Morgan fingerprint density at radius 3 is 2.55 bits per heavy atom. The van der Waals surface area contributed by atoms with Gasteiger partial charge in [0.2, 0.25) is 0 Å². The van der Waals surface area contributed by atoms with Crippen molar-refractivity contribution < 1.29 is 5.11 Å². The lowest BCUT2D eigenvalue weighted by Crippen LogP contribution is -2.39. The Labute approximate surface area is 69.4 Å². The van der Waals surface area contributed by atoms with Crippen LogP contribution in [0.25, 0.3) is 0 Å². The highest BCUT2D eigenvalue weighted by Gasteiger charge is 2.07. The minimum atomic E-state index is -0.339. The molecule has 0 aliphatic rings. The first-order valence-corrected chi connectivity index (χ1v) is 4.29. The first-order chi connectivity index (χ1) is 5.22. The average molecular weight is 160 g/mol. The van der Waals surface area contributed by atoms with Gasteiger partial charge < -0.3 is 10.4 Å². The summed E-state index contributed by atoms with van der Waals surface area (Å²) in [7, 11) is 1.89. The number of nitrogens with zero attached hydrogens (tertiary/aromatic N) is 1. The van der Waals surface area contributed by atoms with Crippen molar-refractivity contribution >= 4 is 0 Å². The van der Waals surface area contributed by atoms with Gasteiger partial charge in [-0.15, -0.1) is 0 Å². The molecule has 68 valence electrons. The molecule has 3 nitrogen and oxygen atoms in total. The molecule has 0 saturated heterocycles. The van der Waals surface area contributed by atoms with E-state index in [-0.39, 0.29) is 6.23 Å². The first-order valence-electron chi connectivity index (χ1n) is 4.29. The fraction of sp³-hybridized carbons (Fsp3) is 1.00. The molecule has 0 fully saturated rings. The Morgan fingerprint density at radius 2 is 2.18 bits per heavy atom. The van der Waals surface area contributed by atoms with Gasteiger partial charge in [0.25, 0.3) is 0 Å². The average Bonchev–Trinajstić information content (AvgIpc) is 1.97. The van der Waals surface area contributed by atoms with Crippen molar-refractivity contribution in [2.75, 3.05) is 20.3 Å². The molecule has 2 N–H and O–H groups in total. The quantitative estimate of drug-likeness (QED) is 0.559. The molecule has 0 bridgehead atoms. The molecule has 0 radical (unpaired) electrons. The largest absolute Gasteiger partial charge is 0.379 e. The summed E-state index contributed by atoms with van der Waals surface area (Å²) < 4.78 is 0. The lowest BCUT2D eigenvalue weighted by Gasteiger charge is -2.24. The molecule has 3 heteroatoms. The summed E-state index contributed by atoms with van der Waals surface area (Å²) in [6, 6.07) is 0. The van der Waals surface area contributed by atoms with E-state index in [0.717, 1.165) is 19.6 Å².